The molecule has 0 radical (unpaired) electrons. The highest BCUT2D eigenvalue weighted by molar-refractivity contribution is 7.47. The summed E-state index contributed by atoms with van der Waals surface area (Å²) < 4.78 is 32.5. The third kappa shape index (κ3) is 39.7. The van der Waals surface area contributed by atoms with Gasteiger partial charge in [0.2, 0.25) is 0 Å². The van der Waals surface area contributed by atoms with Crippen molar-refractivity contribution < 1.29 is 52.9 Å². The van der Waals surface area contributed by atoms with Crippen molar-refractivity contribution in [2.45, 2.75) is 154 Å². The van der Waals surface area contributed by atoms with Crippen molar-refractivity contribution in [2.24, 2.45) is 0 Å². The Kier molecular flexibility index (Phi) is 38.4. The van der Waals surface area contributed by atoms with Crippen molar-refractivity contribution in [1.29, 1.82) is 0 Å². The molecule has 0 saturated carbocycles. The Morgan fingerprint density at radius 2 is 0.983 bits per heavy atom. The lowest BCUT2D eigenvalue weighted by molar-refractivity contribution is -0.161. The number of hydrogen-bond acceptors (Lipinski definition) is 10. The summed E-state index contributed by atoms with van der Waals surface area (Å²) in [5, 5.41) is 27.9. The lowest BCUT2D eigenvalue weighted by Crippen LogP contribution is -2.29. The Morgan fingerprint density at radius 3 is 1.45 bits per heavy atom. The van der Waals surface area contributed by atoms with Gasteiger partial charge in [-0.1, -0.05) is 124 Å². The fourth-order valence-corrected chi connectivity index (χ4v) is 5.69. The number of aliphatic hydroxyl groups excluding tert-OH is 3. The minimum atomic E-state index is -4.66. The van der Waals surface area contributed by atoms with E-state index in [0.29, 0.717) is 25.7 Å². The molecule has 12 heteroatoms. The first-order valence-corrected chi connectivity index (χ1v) is 22.8. The van der Waals surface area contributed by atoms with E-state index in [1.807, 2.05) is 31.2 Å². The molecule has 0 aliphatic rings. The number of carbonyl (C=O) groups is 2. The Hall–Kier alpha value is -3.15. The van der Waals surface area contributed by atoms with Crippen molar-refractivity contribution in [1.82, 2.24) is 0 Å². The highest BCUT2D eigenvalue weighted by Crippen LogP contribution is 2.43. The molecule has 0 aliphatic heterocycles. The minimum Gasteiger partial charge on any atom is -0.462 e. The summed E-state index contributed by atoms with van der Waals surface area (Å²) in [4.78, 5) is 34.9. The number of allylic oxidation sites excluding steroid dienone is 16. The van der Waals surface area contributed by atoms with Gasteiger partial charge in [0.05, 0.1) is 25.9 Å². The number of rotatable bonds is 38. The molecular formula is C46H75O11P. The van der Waals surface area contributed by atoms with Gasteiger partial charge in [0.15, 0.2) is 6.10 Å². The van der Waals surface area contributed by atoms with Gasteiger partial charge in [-0.2, -0.15) is 0 Å². The van der Waals surface area contributed by atoms with Gasteiger partial charge in [-0.15, -0.1) is 0 Å². The number of unbranched alkanes of at least 4 members (excludes halogenated alkanes) is 5. The number of esters is 2. The van der Waals surface area contributed by atoms with E-state index in [1.165, 1.54) is 19.3 Å². The number of aliphatic hydroxyl groups is 3. The SMILES string of the molecule is CCCCC/C=C\C/C=C\C/C=C\C/C=C\CCCC(=O)O[C@H](COC(=O)CCC/C=C\C/C=C\C/C=C\C/C=C\CC[C@@H](O)CC)COP(=O)(O)OC[C@@H](O)CO. The van der Waals surface area contributed by atoms with Gasteiger partial charge in [-0.3, -0.25) is 18.6 Å². The van der Waals surface area contributed by atoms with Crippen LogP contribution in [-0.2, 0) is 32.7 Å². The van der Waals surface area contributed by atoms with Crippen LogP contribution in [0.3, 0.4) is 0 Å². The Labute approximate surface area is 349 Å². The second-order valence-corrected chi connectivity index (χ2v) is 15.2. The van der Waals surface area contributed by atoms with Gasteiger partial charge in [0, 0.05) is 12.8 Å². The highest BCUT2D eigenvalue weighted by Gasteiger charge is 2.27. The quantitative estimate of drug-likeness (QED) is 0.0202. The molecule has 0 saturated heterocycles. The largest absolute Gasteiger partial charge is 0.472 e. The molecule has 4 N–H and O–H groups in total. The van der Waals surface area contributed by atoms with Crippen molar-refractivity contribution >= 4 is 19.8 Å². The molecule has 0 aromatic rings. The molecule has 0 aromatic heterocycles. The summed E-state index contributed by atoms with van der Waals surface area (Å²) in [5.41, 5.74) is 0. The molecule has 0 fully saturated rings. The van der Waals surface area contributed by atoms with Crippen molar-refractivity contribution in [3.05, 3.63) is 97.2 Å². The summed E-state index contributed by atoms with van der Waals surface area (Å²) in [6.45, 7) is 1.91. The molecule has 0 aliphatic carbocycles. The van der Waals surface area contributed by atoms with E-state index in [0.717, 1.165) is 64.2 Å². The first-order chi connectivity index (χ1) is 28.1. The fourth-order valence-electron chi connectivity index (χ4n) is 4.90. The van der Waals surface area contributed by atoms with Crippen LogP contribution in [0.5, 0.6) is 0 Å². The average Bonchev–Trinajstić information content (AvgIpc) is 3.21. The molecule has 0 aromatic carbocycles. The van der Waals surface area contributed by atoms with Crippen molar-refractivity contribution in [2.75, 3.05) is 26.4 Å². The topological polar surface area (TPSA) is 169 Å². The molecule has 0 amide bonds. The number of carbonyl (C=O) groups excluding carboxylic acids is 2. The van der Waals surface area contributed by atoms with Crippen molar-refractivity contribution in [3.8, 4) is 0 Å². The van der Waals surface area contributed by atoms with E-state index >= 15 is 0 Å². The van der Waals surface area contributed by atoms with Crippen molar-refractivity contribution in [3.63, 3.8) is 0 Å². The molecule has 330 valence electrons. The van der Waals surface area contributed by atoms with Gasteiger partial charge in [-0.05, 0) is 96.3 Å². The second-order valence-electron chi connectivity index (χ2n) is 13.8. The van der Waals surface area contributed by atoms with E-state index in [-0.39, 0.29) is 25.6 Å². The predicted octanol–water partition coefficient (Wildman–Crippen LogP) is 10.2. The molecule has 0 rings (SSSR count). The molecular weight excluding hydrogens is 759 g/mol. The van der Waals surface area contributed by atoms with Crippen LogP contribution in [0.4, 0.5) is 0 Å². The van der Waals surface area contributed by atoms with Gasteiger partial charge < -0.3 is 29.7 Å². The van der Waals surface area contributed by atoms with Gasteiger partial charge in [0.25, 0.3) is 0 Å². The first kappa shape index (κ1) is 54.9. The number of phosphoric ester groups is 1. The van der Waals surface area contributed by atoms with Crippen LogP contribution in [0.25, 0.3) is 0 Å². The zero-order chi connectivity index (χ0) is 42.8. The summed E-state index contributed by atoms with van der Waals surface area (Å²) >= 11 is 0. The van der Waals surface area contributed by atoms with Crippen LogP contribution in [0, 0.1) is 0 Å². The van der Waals surface area contributed by atoms with Crippen LogP contribution in [0.1, 0.15) is 136 Å². The van der Waals surface area contributed by atoms with Crippen LogP contribution in [0.15, 0.2) is 97.2 Å². The standard InChI is InChI=1S/C46H75O11P/c1-3-5-6-7-8-9-10-11-12-13-14-19-22-25-28-31-34-37-46(51)57-44(41-56-58(52,53)55-39-43(49)38-47)40-54-45(50)36-33-30-27-24-21-18-16-15-17-20-23-26-29-32-35-42(48)4-2/h8-9,11-12,14,16-20,24-29,42-44,47-49H,3-7,10,13,15,21-23,30-41H2,1-2H3,(H,52,53)/b9-8-,12-11-,18-16-,19-14-,20-17-,27-24-,28-25-,29-26-/t42-,43-,44+/m0/s1. The molecule has 0 bridgehead atoms. The first-order valence-electron chi connectivity index (χ1n) is 21.3. The fraction of sp³-hybridized carbons (Fsp3) is 0.609. The van der Waals surface area contributed by atoms with E-state index in [2.05, 4.69) is 84.4 Å². The van der Waals surface area contributed by atoms with E-state index in [1.54, 1.807) is 0 Å². The molecule has 1 unspecified atom stereocenters. The van der Waals surface area contributed by atoms with E-state index in [4.69, 9.17) is 19.1 Å². The van der Waals surface area contributed by atoms with Gasteiger partial charge in [-0.25, -0.2) is 4.57 Å². The Morgan fingerprint density at radius 1 is 0.552 bits per heavy atom. The highest BCUT2D eigenvalue weighted by atomic mass is 31.2. The second kappa shape index (κ2) is 40.6. The van der Waals surface area contributed by atoms with Gasteiger partial charge >= 0.3 is 19.8 Å². The number of ether oxygens (including phenoxy) is 2. The molecule has 11 nitrogen and oxygen atoms in total. The Balaban J connectivity index is 4.53. The summed E-state index contributed by atoms with van der Waals surface area (Å²) in [6.07, 6.45) is 46.1. The monoisotopic (exact) mass is 835 g/mol. The van der Waals surface area contributed by atoms with Crippen LogP contribution < -0.4 is 0 Å². The zero-order valence-electron chi connectivity index (χ0n) is 35.3. The zero-order valence-corrected chi connectivity index (χ0v) is 36.2. The maximum Gasteiger partial charge on any atom is 0.472 e. The maximum atomic E-state index is 12.6. The third-order valence-corrected chi connectivity index (χ3v) is 9.33. The summed E-state index contributed by atoms with van der Waals surface area (Å²) in [7, 11) is -4.66. The van der Waals surface area contributed by atoms with E-state index in [9.17, 15) is 29.3 Å². The predicted molar refractivity (Wildman–Crippen MR) is 234 cm³/mol. The van der Waals surface area contributed by atoms with E-state index < -0.39 is 51.8 Å². The van der Waals surface area contributed by atoms with Crippen LogP contribution in [-0.4, -0.2) is 76.9 Å². The summed E-state index contributed by atoms with van der Waals surface area (Å²) in [5.74, 6) is -1.09. The van der Waals surface area contributed by atoms with Crippen LogP contribution in [0.2, 0.25) is 0 Å². The van der Waals surface area contributed by atoms with Gasteiger partial charge in [0.1, 0.15) is 12.7 Å². The lowest BCUT2D eigenvalue weighted by atomic mass is 10.1. The smallest absolute Gasteiger partial charge is 0.462 e. The molecule has 0 spiro atoms. The molecule has 58 heavy (non-hydrogen) atoms. The third-order valence-electron chi connectivity index (χ3n) is 8.37. The van der Waals surface area contributed by atoms with Crippen LogP contribution >= 0.6 is 7.82 Å². The Bertz CT molecular complexity index is 1300. The molecule has 4 atom stereocenters. The minimum absolute atomic E-state index is 0.0839. The maximum absolute atomic E-state index is 12.6. The summed E-state index contributed by atoms with van der Waals surface area (Å²) in [6, 6.07) is 0. The number of hydrogen-bond donors (Lipinski definition) is 4. The normalized spacial score (nSPS) is 15.3. The average molecular weight is 835 g/mol. The number of phosphoric acid groups is 1. The molecule has 0 heterocycles. The lowest BCUT2D eigenvalue weighted by Gasteiger charge is -2.20.